The third-order valence-electron chi connectivity index (χ3n) is 5.25. The lowest BCUT2D eigenvalue weighted by molar-refractivity contribution is -0.385. The quantitative estimate of drug-likeness (QED) is 0.321. The topological polar surface area (TPSA) is 130 Å². The second kappa shape index (κ2) is 8.95. The molecule has 0 bridgehead atoms. The summed E-state index contributed by atoms with van der Waals surface area (Å²) in [5, 5.41) is 18.0. The summed E-state index contributed by atoms with van der Waals surface area (Å²) in [6, 6.07) is 3.12. The molecular weight excluding hydrogens is 436 g/mol. The van der Waals surface area contributed by atoms with E-state index in [1.807, 2.05) is 0 Å². The largest absolute Gasteiger partial charge is 0.462 e. The van der Waals surface area contributed by atoms with Crippen LogP contribution in [0.1, 0.15) is 57.4 Å². The van der Waals surface area contributed by atoms with Crippen molar-refractivity contribution in [2.75, 3.05) is 11.9 Å². The summed E-state index contributed by atoms with van der Waals surface area (Å²) in [7, 11) is 0. The van der Waals surface area contributed by atoms with Crippen molar-refractivity contribution in [3.8, 4) is 0 Å². The van der Waals surface area contributed by atoms with Crippen LogP contribution in [-0.4, -0.2) is 33.2 Å². The lowest BCUT2D eigenvalue weighted by Gasteiger charge is -2.18. The Morgan fingerprint density at radius 2 is 2.25 bits per heavy atom. The van der Waals surface area contributed by atoms with Gasteiger partial charge in [-0.2, -0.15) is 5.10 Å². The number of nitrogens with one attached hydrogen (secondary N) is 1. The molecule has 1 aliphatic carbocycles. The Morgan fingerprint density at radius 1 is 1.44 bits per heavy atom. The molecule has 3 aromatic heterocycles. The summed E-state index contributed by atoms with van der Waals surface area (Å²) in [4.78, 5) is 36.8. The molecule has 3 aromatic rings. The number of carbonyl (C=O) groups excluding carboxylic acids is 2. The number of hydrogen-bond acceptors (Lipinski definition) is 8. The first-order valence-corrected chi connectivity index (χ1v) is 11.1. The molecule has 1 aliphatic rings. The number of anilines is 1. The molecule has 0 spiro atoms. The van der Waals surface area contributed by atoms with Gasteiger partial charge in [-0.05, 0) is 49.8 Å². The van der Waals surface area contributed by atoms with E-state index in [2.05, 4.69) is 17.3 Å². The van der Waals surface area contributed by atoms with Crippen molar-refractivity contribution < 1.29 is 23.7 Å². The molecule has 0 aliphatic heterocycles. The number of thiophene rings is 1. The molecule has 1 N–H and O–H groups in total. The zero-order valence-corrected chi connectivity index (χ0v) is 18.4. The van der Waals surface area contributed by atoms with Crippen molar-refractivity contribution in [2.45, 2.75) is 39.7 Å². The Kier molecular flexibility index (Phi) is 6.08. The van der Waals surface area contributed by atoms with Crippen molar-refractivity contribution in [2.24, 2.45) is 5.92 Å². The fourth-order valence-electron chi connectivity index (χ4n) is 3.70. The van der Waals surface area contributed by atoms with Crippen LogP contribution in [0.5, 0.6) is 0 Å². The van der Waals surface area contributed by atoms with Gasteiger partial charge in [0, 0.05) is 4.88 Å². The molecule has 4 rings (SSSR count). The Balaban J connectivity index is 1.52. The predicted octanol–water partition coefficient (Wildman–Crippen LogP) is 4.05. The molecule has 0 aromatic carbocycles. The maximum absolute atomic E-state index is 12.8. The summed E-state index contributed by atoms with van der Waals surface area (Å²) in [6.45, 7) is 4.31. The number of furan rings is 1. The second-order valence-corrected chi connectivity index (χ2v) is 8.75. The summed E-state index contributed by atoms with van der Waals surface area (Å²) >= 11 is 1.41. The van der Waals surface area contributed by atoms with E-state index in [1.54, 1.807) is 13.0 Å². The van der Waals surface area contributed by atoms with Gasteiger partial charge in [0.2, 0.25) is 0 Å². The maximum atomic E-state index is 12.8. The third-order valence-corrected chi connectivity index (χ3v) is 6.42. The number of rotatable bonds is 7. The van der Waals surface area contributed by atoms with Gasteiger partial charge >= 0.3 is 11.7 Å². The Morgan fingerprint density at radius 3 is 2.97 bits per heavy atom. The molecule has 168 valence electrons. The number of carbonyl (C=O) groups is 2. The van der Waals surface area contributed by atoms with Crippen LogP contribution in [0.2, 0.25) is 0 Å². The zero-order chi connectivity index (χ0) is 22.8. The summed E-state index contributed by atoms with van der Waals surface area (Å²) in [5.41, 5.74) is 1.27. The number of nitrogens with zero attached hydrogens (tertiary/aromatic N) is 3. The maximum Gasteiger partial charge on any atom is 0.341 e. The number of fused-ring (bicyclic) bond motifs is 1. The average Bonchev–Trinajstić information content (AvgIpc) is 3.46. The van der Waals surface area contributed by atoms with E-state index in [9.17, 15) is 19.7 Å². The molecule has 32 heavy (non-hydrogen) atoms. The Hall–Kier alpha value is -3.47. The highest BCUT2D eigenvalue weighted by atomic mass is 32.1. The average molecular weight is 458 g/mol. The van der Waals surface area contributed by atoms with Crippen LogP contribution >= 0.6 is 11.3 Å². The standard InChI is InChI=1S/C21H22N4O6S/c1-3-30-21(27)18-15-6-4-12(2)8-17(15)32-20(18)23-19(26)16-7-5-14(31-16)11-24-10-13(9-22-24)25(28)29/h5,7,9-10,12H,3-4,6,8,11H2,1-2H3,(H,23,26). The van der Waals surface area contributed by atoms with Crippen LogP contribution in [-0.2, 0) is 24.1 Å². The SMILES string of the molecule is CCOC(=O)c1c(NC(=O)c2ccc(Cn3cc([N+](=O)[O-])cn3)o2)sc2c1CCC(C)C2. The fourth-order valence-corrected chi connectivity index (χ4v) is 5.09. The number of nitro groups is 1. The van der Waals surface area contributed by atoms with Crippen LogP contribution in [0.15, 0.2) is 28.9 Å². The van der Waals surface area contributed by atoms with E-state index < -0.39 is 16.8 Å². The minimum Gasteiger partial charge on any atom is -0.462 e. The van der Waals surface area contributed by atoms with Crippen LogP contribution in [0.4, 0.5) is 10.7 Å². The van der Waals surface area contributed by atoms with Gasteiger partial charge in [-0.25, -0.2) is 4.79 Å². The van der Waals surface area contributed by atoms with E-state index in [0.29, 0.717) is 22.2 Å². The number of esters is 1. The lowest BCUT2D eigenvalue weighted by atomic mass is 9.88. The van der Waals surface area contributed by atoms with Crippen molar-refractivity contribution in [1.29, 1.82) is 0 Å². The van der Waals surface area contributed by atoms with Gasteiger partial charge in [0.25, 0.3) is 5.91 Å². The highest BCUT2D eigenvalue weighted by Crippen LogP contribution is 2.40. The van der Waals surface area contributed by atoms with Gasteiger partial charge in [0.05, 0.1) is 23.6 Å². The second-order valence-electron chi connectivity index (χ2n) is 7.65. The third kappa shape index (κ3) is 4.42. The first-order chi connectivity index (χ1) is 15.4. The van der Waals surface area contributed by atoms with Crippen molar-refractivity contribution >= 4 is 33.9 Å². The smallest absolute Gasteiger partial charge is 0.341 e. The van der Waals surface area contributed by atoms with Gasteiger partial charge < -0.3 is 14.5 Å². The van der Waals surface area contributed by atoms with Gasteiger partial charge in [0.1, 0.15) is 23.2 Å². The van der Waals surface area contributed by atoms with Crippen LogP contribution in [0.3, 0.4) is 0 Å². The minimum atomic E-state index is -0.535. The van der Waals surface area contributed by atoms with Crippen molar-refractivity contribution in [1.82, 2.24) is 9.78 Å². The van der Waals surface area contributed by atoms with Gasteiger partial charge in [-0.15, -0.1) is 11.3 Å². The monoisotopic (exact) mass is 458 g/mol. The number of ether oxygens (including phenoxy) is 1. The van der Waals surface area contributed by atoms with Crippen LogP contribution < -0.4 is 5.32 Å². The Bertz CT molecular complexity index is 1180. The van der Waals surface area contributed by atoms with E-state index in [0.717, 1.165) is 35.9 Å². The molecule has 0 fully saturated rings. The first kappa shape index (κ1) is 21.8. The van der Waals surface area contributed by atoms with Crippen LogP contribution in [0, 0.1) is 16.0 Å². The zero-order valence-electron chi connectivity index (χ0n) is 17.6. The Labute approximate surface area is 187 Å². The number of amides is 1. The van der Waals surface area contributed by atoms with E-state index >= 15 is 0 Å². The van der Waals surface area contributed by atoms with E-state index in [1.165, 1.54) is 28.3 Å². The van der Waals surface area contributed by atoms with Crippen LogP contribution in [0.25, 0.3) is 0 Å². The summed E-state index contributed by atoms with van der Waals surface area (Å²) in [5.74, 6) is 0.0786. The molecule has 1 atom stereocenters. The number of aromatic nitrogens is 2. The summed E-state index contributed by atoms with van der Waals surface area (Å²) in [6.07, 6.45) is 5.05. The molecule has 0 saturated heterocycles. The molecule has 1 amide bonds. The molecule has 10 nitrogen and oxygen atoms in total. The first-order valence-electron chi connectivity index (χ1n) is 10.2. The molecule has 11 heteroatoms. The fraction of sp³-hybridized carbons (Fsp3) is 0.381. The van der Waals surface area contributed by atoms with E-state index in [-0.39, 0.29) is 24.6 Å². The number of hydrogen-bond donors (Lipinski definition) is 1. The van der Waals surface area contributed by atoms with E-state index in [4.69, 9.17) is 9.15 Å². The van der Waals surface area contributed by atoms with Gasteiger partial charge in [-0.1, -0.05) is 6.92 Å². The molecular formula is C21H22N4O6S. The predicted molar refractivity (Wildman–Crippen MR) is 116 cm³/mol. The van der Waals surface area contributed by atoms with Crippen molar-refractivity contribution in [3.63, 3.8) is 0 Å². The molecule has 1 unspecified atom stereocenters. The molecule has 0 radical (unpaired) electrons. The molecule has 3 heterocycles. The highest BCUT2D eigenvalue weighted by Gasteiger charge is 2.29. The summed E-state index contributed by atoms with van der Waals surface area (Å²) < 4.78 is 12.2. The normalized spacial score (nSPS) is 15.2. The van der Waals surface area contributed by atoms with Crippen molar-refractivity contribution in [3.05, 3.63) is 62.2 Å². The minimum absolute atomic E-state index is 0.0659. The highest BCUT2D eigenvalue weighted by molar-refractivity contribution is 7.17. The van der Waals surface area contributed by atoms with Gasteiger partial charge in [0.15, 0.2) is 5.76 Å². The lowest BCUT2D eigenvalue weighted by Crippen LogP contribution is -2.16. The van der Waals surface area contributed by atoms with Gasteiger partial charge in [-0.3, -0.25) is 19.6 Å². The molecule has 0 saturated carbocycles.